The number of benzene rings is 3. The number of amides is 1. The van der Waals surface area contributed by atoms with Gasteiger partial charge in [0.25, 0.3) is 10.0 Å². The highest BCUT2D eigenvalue weighted by atomic mass is 35.5. The molecule has 0 saturated carbocycles. The Morgan fingerprint density at radius 2 is 1.64 bits per heavy atom. The van der Waals surface area contributed by atoms with Crippen molar-refractivity contribution in [2.75, 3.05) is 18.0 Å². The fraction of sp³-hybridized carbons (Fsp3) is 0.208. The van der Waals surface area contributed by atoms with Crippen molar-refractivity contribution in [3.8, 4) is 11.5 Å². The zero-order valence-electron chi connectivity index (χ0n) is 18.1. The smallest absolute Gasteiger partial charge is 0.270 e. The normalized spacial score (nSPS) is 11.2. The van der Waals surface area contributed by atoms with Crippen LogP contribution in [0.2, 0.25) is 10.0 Å². The van der Waals surface area contributed by atoms with Gasteiger partial charge in [0.15, 0.2) is 0 Å². The first-order valence-electron chi connectivity index (χ1n) is 10.1. The van der Waals surface area contributed by atoms with E-state index in [2.05, 4.69) is 0 Å². The summed E-state index contributed by atoms with van der Waals surface area (Å²) in [5.41, 5.74) is 1.03. The molecule has 1 amide bonds. The topological polar surface area (TPSA) is 72.9 Å². The molecule has 0 spiro atoms. The first-order chi connectivity index (χ1) is 15.7. The maximum atomic E-state index is 13.4. The van der Waals surface area contributed by atoms with Gasteiger partial charge in [-0.3, -0.25) is 4.79 Å². The number of halogens is 2. The van der Waals surface area contributed by atoms with Crippen molar-refractivity contribution in [2.24, 2.45) is 0 Å². The molecule has 6 nitrogen and oxygen atoms in total. The van der Waals surface area contributed by atoms with Crippen molar-refractivity contribution in [1.82, 2.24) is 0 Å². The SMILES string of the molecule is COc1ccc(N(C(=O)CCCOc2ccc(Cl)cc2)S(=O)(=O)c2ccc(C)cc2)cc1Cl. The van der Waals surface area contributed by atoms with Crippen LogP contribution >= 0.6 is 23.2 Å². The minimum atomic E-state index is -4.17. The maximum Gasteiger partial charge on any atom is 0.270 e. The number of ether oxygens (including phenoxy) is 2. The van der Waals surface area contributed by atoms with Crippen molar-refractivity contribution in [2.45, 2.75) is 24.7 Å². The molecule has 0 radical (unpaired) electrons. The fourth-order valence-corrected chi connectivity index (χ4v) is 4.88. The van der Waals surface area contributed by atoms with E-state index in [1.54, 1.807) is 36.4 Å². The number of rotatable bonds is 9. The van der Waals surface area contributed by atoms with Crippen molar-refractivity contribution in [3.05, 3.63) is 82.3 Å². The Kier molecular flexibility index (Phi) is 8.24. The summed E-state index contributed by atoms with van der Waals surface area (Å²) in [7, 11) is -2.72. The van der Waals surface area contributed by atoms with Crippen molar-refractivity contribution >= 4 is 44.8 Å². The van der Waals surface area contributed by atoms with Gasteiger partial charge in [0.1, 0.15) is 11.5 Å². The molecule has 0 fully saturated rings. The van der Waals surface area contributed by atoms with Gasteiger partial charge in [0, 0.05) is 11.4 Å². The van der Waals surface area contributed by atoms with Crippen LogP contribution in [0.3, 0.4) is 0 Å². The highest BCUT2D eigenvalue weighted by Crippen LogP contribution is 2.32. The Morgan fingerprint density at radius 1 is 0.970 bits per heavy atom. The van der Waals surface area contributed by atoms with E-state index in [0.717, 1.165) is 9.87 Å². The average Bonchev–Trinajstić information content (AvgIpc) is 2.78. The summed E-state index contributed by atoms with van der Waals surface area (Å²) in [5, 5.41) is 0.783. The first-order valence-corrected chi connectivity index (χ1v) is 12.3. The fourth-order valence-electron chi connectivity index (χ4n) is 3.06. The lowest BCUT2D eigenvalue weighted by molar-refractivity contribution is -0.117. The molecule has 0 aliphatic carbocycles. The summed E-state index contributed by atoms with van der Waals surface area (Å²) in [6, 6.07) is 17.5. The predicted molar refractivity (Wildman–Crippen MR) is 130 cm³/mol. The Balaban J connectivity index is 1.83. The lowest BCUT2D eigenvalue weighted by Crippen LogP contribution is -2.37. The van der Waals surface area contributed by atoms with Crippen LogP contribution in [0.5, 0.6) is 11.5 Å². The third kappa shape index (κ3) is 6.19. The molecule has 0 atom stereocenters. The Bertz CT molecular complexity index is 1210. The van der Waals surface area contributed by atoms with Gasteiger partial charge in [-0.2, -0.15) is 0 Å². The summed E-state index contributed by atoms with van der Waals surface area (Å²) >= 11 is 12.1. The molecule has 3 aromatic carbocycles. The molecule has 0 unspecified atom stereocenters. The molecule has 3 rings (SSSR count). The molecule has 0 aliphatic heterocycles. The van der Waals surface area contributed by atoms with Crippen LogP contribution in [0.1, 0.15) is 18.4 Å². The van der Waals surface area contributed by atoms with Crippen molar-refractivity contribution in [3.63, 3.8) is 0 Å². The van der Waals surface area contributed by atoms with E-state index in [4.69, 9.17) is 32.7 Å². The molecule has 0 aromatic heterocycles. The molecule has 0 bridgehead atoms. The van der Waals surface area contributed by atoms with Crippen LogP contribution in [-0.4, -0.2) is 28.0 Å². The molecule has 9 heteroatoms. The largest absolute Gasteiger partial charge is 0.495 e. The number of methoxy groups -OCH3 is 1. The summed E-state index contributed by atoms with van der Waals surface area (Å²) in [6.07, 6.45) is 0.258. The number of anilines is 1. The van der Waals surface area contributed by atoms with Gasteiger partial charge in [-0.1, -0.05) is 40.9 Å². The van der Waals surface area contributed by atoms with E-state index in [-0.39, 0.29) is 28.6 Å². The van der Waals surface area contributed by atoms with Gasteiger partial charge in [-0.05, 0) is 67.9 Å². The van der Waals surface area contributed by atoms with Crippen molar-refractivity contribution in [1.29, 1.82) is 0 Å². The summed E-state index contributed by atoms with van der Waals surface area (Å²) in [4.78, 5) is 13.2. The van der Waals surface area contributed by atoms with Crippen molar-refractivity contribution < 1.29 is 22.7 Å². The number of sulfonamides is 1. The van der Waals surface area contributed by atoms with Crippen LogP contribution in [0, 0.1) is 6.92 Å². The highest BCUT2D eigenvalue weighted by molar-refractivity contribution is 7.93. The van der Waals surface area contributed by atoms with Gasteiger partial charge in [0.05, 0.1) is 29.3 Å². The standard InChI is InChI=1S/C24H23Cl2NO5S/c1-17-5-12-21(13-6-17)33(29,30)27(19-9-14-23(31-2)22(26)16-19)24(28)4-3-15-32-20-10-7-18(25)8-11-20/h5-14,16H,3-4,15H2,1-2H3. The molecule has 0 saturated heterocycles. The molecule has 0 N–H and O–H groups in total. The van der Waals surface area contributed by atoms with Crippen LogP contribution in [0.15, 0.2) is 71.6 Å². The van der Waals surface area contributed by atoms with Gasteiger partial charge >= 0.3 is 0 Å². The molecular weight excluding hydrogens is 485 g/mol. The van der Waals surface area contributed by atoms with Gasteiger partial charge in [0.2, 0.25) is 5.91 Å². The highest BCUT2D eigenvalue weighted by Gasteiger charge is 2.31. The summed E-state index contributed by atoms with van der Waals surface area (Å²) in [5.74, 6) is 0.381. The lowest BCUT2D eigenvalue weighted by Gasteiger charge is -2.23. The molecular formula is C24H23Cl2NO5S. The first kappa shape index (κ1) is 24.9. The second-order valence-electron chi connectivity index (χ2n) is 7.20. The Morgan fingerprint density at radius 3 is 2.24 bits per heavy atom. The number of carbonyl (C=O) groups is 1. The maximum absolute atomic E-state index is 13.4. The molecule has 3 aromatic rings. The van der Waals surface area contributed by atoms with Gasteiger partial charge < -0.3 is 9.47 Å². The zero-order valence-corrected chi connectivity index (χ0v) is 20.5. The number of hydrogen-bond donors (Lipinski definition) is 0. The molecule has 33 heavy (non-hydrogen) atoms. The lowest BCUT2D eigenvalue weighted by atomic mass is 10.2. The quantitative estimate of drug-likeness (QED) is 0.337. The second-order valence-corrected chi connectivity index (χ2v) is 9.83. The third-order valence-electron chi connectivity index (χ3n) is 4.77. The second kappa shape index (κ2) is 10.9. The van der Waals surface area contributed by atoms with E-state index in [1.807, 2.05) is 6.92 Å². The average molecular weight is 508 g/mol. The number of nitrogens with zero attached hydrogens (tertiary/aromatic N) is 1. The zero-order chi connectivity index (χ0) is 24.0. The van der Waals surface area contributed by atoms with E-state index in [1.165, 1.54) is 37.4 Å². The van der Waals surface area contributed by atoms with Crippen LogP contribution in [0.4, 0.5) is 5.69 Å². The monoisotopic (exact) mass is 507 g/mol. The molecule has 0 aliphatic rings. The minimum absolute atomic E-state index is 0.00537. The Labute approximate surface area is 203 Å². The summed E-state index contributed by atoms with van der Waals surface area (Å²) < 4.78 is 38.4. The minimum Gasteiger partial charge on any atom is -0.495 e. The van der Waals surface area contributed by atoms with E-state index < -0.39 is 15.9 Å². The third-order valence-corrected chi connectivity index (χ3v) is 7.08. The van der Waals surface area contributed by atoms with Gasteiger partial charge in [-0.25, -0.2) is 12.7 Å². The Hall–Kier alpha value is -2.74. The molecule has 174 valence electrons. The van der Waals surface area contributed by atoms with Crippen LogP contribution in [-0.2, 0) is 14.8 Å². The van der Waals surface area contributed by atoms with Crippen LogP contribution in [0.25, 0.3) is 0 Å². The number of aryl methyl sites for hydroxylation is 1. The molecule has 0 heterocycles. The van der Waals surface area contributed by atoms with E-state index >= 15 is 0 Å². The number of carbonyl (C=O) groups excluding carboxylic acids is 1. The number of hydrogen-bond acceptors (Lipinski definition) is 5. The summed E-state index contributed by atoms with van der Waals surface area (Å²) in [6.45, 7) is 2.08. The van der Waals surface area contributed by atoms with Crippen LogP contribution < -0.4 is 13.8 Å². The van der Waals surface area contributed by atoms with Gasteiger partial charge in [-0.15, -0.1) is 0 Å². The van der Waals surface area contributed by atoms with E-state index in [0.29, 0.717) is 22.9 Å². The van der Waals surface area contributed by atoms with E-state index in [9.17, 15) is 13.2 Å². The predicted octanol–water partition coefficient (Wildman–Crippen LogP) is 5.89.